The zero-order chi connectivity index (χ0) is 13.9. The second-order valence-corrected chi connectivity index (χ2v) is 4.49. The van der Waals surface area contributed by atoms with Crippen molar-refractivity contribution in [2.24, 2.45) is 0 Å². The van der Waals surface area contributed by atoms with Gasteiger partial charge in [-0.15, -0.1) is 0 Å². The van der Waals surface area contributed by atoms with Crippen LogP contribution in [0.4, 0.5) is 0 Å². The van der Waals surface area contributed by atoms with Crippen LogP contribution >= 0.6 is 0 Å². The van der Waals surface area contributed by atoms with Crippen molar-refractivity contribution in [2.45, 2.75) is 6.23 Å². The Hall–Kier alpha value is -2.53. The fraction of sp³-hybridized carbons (Fsp3) is 0.133. The Morgan fingerprint density at radius 1 is 1.35 bits per heavy atom. The minimum Gasteiger partial charge on any atom is -0.361 e. The molecule has 0 spiro atoms. The number of dihydropyridines is 1. The lowest BCUT2D eigenvalue weighted by Crippen LogP contribution is -2.39. The standard InChI is InChI=1S/C15H15N3O2/c1-20-15-12(7-4-8-16-15)18-14(19)13-9-10-5-2-3-6-11(10)17-13/h2-9,15-17H,1H3,(H,18,19). The predicted molar refractivity (Wildman–Crippen MR) is 76.9 cm³/mol. The van der Waals surface area contributed by atoms with E-state index in [2.05, 4.69) is 15.6 Å². The van der Waals surface area contributed by atoms with Crippen LogP contribution in [0.15, 0.2) is 54.4 Å². The van der Waals surface area contributed by atoms with Gasteiger partial charge in [0.2, 0.25) is 0 Å². The van der Waals surface area contributed by atoms with Crippen LogP contribution in [0.1, 0.15) is 10.5 Å². The highest BCUT2D eigenvalue weighted by molar-refractivity contribution is 5.98. The Morgan fingerprint density at radius 2 is 2.20 bits per heavy atom. The van der Waals surface area contributed by atoms with E-state index in [1.54, 1.807) is 13.3 Å². The van der Waals surface area contributed by atoms with E-state index in [0.717, 1.165) is 10.9 Å². The molecule has 1 aliphatic heterocycles. The molecular formula is C15H15N3O2. The number of carbonyl (C=O) groups excluding carboxylic acids is 1. The van der Waals surface area contributed by atoms with E-state index in [1.165, 1.54) is 0 Å². The maximum Gasteiger partial charge on any atom is 0.271 e. The second kappa shape index (κ2) is 5.22. The van der Waals surface area contributed by atoms with Gasteiger partial charge in [-0.3, -0.25) is 4.79 Å². The minimum absolute atomic E-state index is 0.188. The highest BCUT2D eigenvalue weighted by Crippen LogP contribution is 2.15. The average molecular weight is 269 g/mol. The second-order valence-electron chi connectivity index (χ2n) is 4.49. The fourth-order valence-electron chi connectivity index (χ4n) is 2.17. The molecule has 5 heteroatoms. The van der Waals surface area contributed by atoms with Gasteiger partial charge in [-0.2, -0.15) is 0 Å². The molecule has 0 fully saturated rings. The smallest absolute Gasteiger partial charge is 0.271 e. The number of amides is 1. The van der Waals surface area contributed by atoms with Gasteiger partial charge < -0.3 is 20.4 Å². The third-order valence-corrected chi connectivity index (χ3v) is 3.17. The van der Waals surface area contributed by atoms with Crippen molar-refractivity contribution in [3.8, 4) is 0 Å². The molecule has 0 aliphatic carbocycles. The number of hydrogen-bond donors (Lipinski definition) is 3. The summed E-state index contributed by atoms with van der Waals surface area (Å²) in [6.07, 6.45) is 5.06. The summed E-state index contributed by atoms with van der Waals surface area (Å²) in [7, 11) is 1.58. The maximum absolute atomic E-state index is 12.3. The summed E-state index contributed by atoms with van der Waals surface area (Å²) in [5.74, 6) is -0.188. The van der Waals surface area contributed by atoms with E-state index < -0.39 is 0 Å². The molecule has 102 valence electrons. The number of para-hydroxylation sites is 1. The van der Waals surface area contributed by atoms with Crippen molar-refractivity contribution in [1.29, 1.82) is 0 Å². The summed E-state index contributed by atoms with van der Waals surface area (Å²) in [4.78, 5) is 15.4. The van der Waals surface area contributed by atoms with Crippen LogP contribution in [0.25, 0.3) is 10.9 Å². The van der Waals surface area contributed by atoms with Crippen molar-refractivity contribution in [3.63, 3.8) is 0 Å². The Labute approximate surface area is 116 Å². The van der Waals surface area contributed by atoms with Crippen LogP contribution in [0, 0.1) is 0 Å². The first-order valence-corrected chi connectivity index (χ1v) is 6.32. The van der Waals surface area contributed by atoms with E-state index in [1.807, 2.05) is 42.5 Å². The largest absolute Gasteiger partial charge is 0.361 e. The molecule has 3 rings (SSSR count). The molecule has 1 unspecified atom stereocenters. The molecule has 3 N–H and O–H groups in total. The SMILES string of the molecule is COC1NC=CC=C1NC(=O)c1cc2ccccc2[nH]1. The van der Waals surface area contributed by atoms with Crippen molar-refractivity contribution in [1.82, 2.24) is 15.6 Å². The Morgan fingerprint density at radius 3 is 3.00 bits per heavy atom. The number of H-pyrrole nitrogens is 1. The number of aromatic nitrogens is 1. The van der Waals surface area contributed by atoms with Gasteiger partial charge in [0.25, 0.3) is 5.91 Å². The lowest BCUT2D eigenvalue weighted by molar-refractivity contribution is 0.0878. The molecule has 1 aliphatic rings. The molecular weight excluding hydrogens is 254 g/mol. The molecule has 2 aromatic rings. The number of methoxy groups -OCH3 is 1. The fourth-order valence-corrected chi connectivity index (χ4v) is 2.17. The molecule has 5 nitrogen and oxygen atoms in total. The third kappa shape index (κ3) is 2.31. The topological polar surface area (TPSA) is 66.2 Å². The highest BCUT2D eigenvalue weighted by atomic mass is 16.5. The number of rotatable bonds is 3. The number of nitrogens with one attached hydrogen (secondary N) is 3. The first-order chi connectivity index (χ1) is 9.78. The average Bonchev–Trinajstić information content (AvgIpc) is 2.92. The molecule has 20 heavy (non-hydrogen) atoms. The maximum atomic E-state index is 12.3. The van der Waals surface area contributed by atoms with E-state index in [9.17, 15) is 4.79 Å². The lowest BCUT2D eigenvalue weighted by atomic mass is 10.2. The van der Waals surface area contributed by atoms with Crippen LogP contribution in [-0.4, -0.2) is 24.2 Å². The third-order valence-electron chi connectivity index (χ3n) is 3.17. The number of hydrogen-bond acceptors (Lipinski definition) is 3. The van der Waals surface area contributed by atoms with Crippen molar-refractivity contribution >= 4 is 16.8 Å². The van der Waals surface area contributed by atoms with Crippen LogP contribution in [-0.2, 0) is 4.74 Å². The van der Waals surface area contributed by atoms with Crippen LogP contribution in [0.5, 0.6) is 0 Å². The van der Waals surface area contributed by atoms with Crippen molar-refractivity contribution < 1.29 is 9.53 Å². The van der Waals surface area contributed by atoms with Crippen LogP contribution in [0.2, 0.25) is 0 Å². The number of carbonyl (C=O) groups is 1. The quantitative estimate of drug-likeness (QED) is 0.797. The Bertz CT molecular complexity index is 667. The van der Waals surface area contributed by atoms with Gasteiger partial charge in [0.1, 0.15) is 5.69 Å². The van der Waals surface area contributed by atoms with Gasteiger partial charge in [0.05, 0.1) is 5.70 Å². The van der Waals surface area contributed by atoms with Crippen LogP contribution in [0.3, 0.4) is 0 Å². The van der Waals surface area contributed by atoms with Gasteiger partial charge in [-0.05, 0) is 30.5 Å². The first-order valence-electron chi connectivity index (χ1n) is 6.32. The van der Waals surface area contributed by atoms with Gasteiger partial charge in [-0.1, -0.05) is 18.2 Å². The zero-order valence-corrected chi connectivity index (χ0v) is 11.0. The van der Waals surface area contributed by atoms with E-state index >= 15 is 0 Å². The number of benzene rings is 1. The van der Waals surface area contributed by atoms with Gasteiger partial charge >= 0.3 is 0 Å². The van der Waals surface area contributed by atoms with E-state index in [-0.39, 0.29) is 12.1 Å². The molecule has 2 heterocycles. The van der Waals surface area contributed by atoms with E-state index in [0.29, 0.717) is 11.4 Å². The molecule has 1 atom stereocenters. The summed E-state index contributed by atoms with van der Waals surface area (Å²) >= 11 is 0. The summed E-state index contributed by atoms with van der Waals surface area (Å²) in [6.45, 7) is 0. The van der Waals surface area contributed by atoms with Crippen molar-refractivity contribution in [3.05, 3.63) is 60.1 Å². The molecule has 0 saturated heterocycles. The summed E-state index contributed by atoms with van der Waals surface area (Å²) in [5.41, 5.74) is 2.15. The van der Waals surface area contributed by atoms with Crippen LogP contribution < -0.4 is 10.6 Å². The van der Waals surface area contributed by atoms with Gasteiger partial charge in [0, 0.05) is 18.0 Å². The molecule has 1 aromatic carbocycles. The summed E-state index contributed by atoms with van der Waals surface area (Å²) < 4.78 is 5.24. The molecule has 1 aromatic heterocycles. The first kappa shape index (κ1) is 12.5. The normalized spacial score (nSPS) is 17.6. The predicted octanol–water partition coefficient (Wildman–Crippen LogP) is 1.87. The highest BCUT2D eigenvalue weighted by Gasteiger charge is 2.18. The minimum atomic E-state index is -0.340. The molecule has 0 saturated carbocycles. The number of allylic oxidation sites excluding steroid dienone is 2. The number of ether oxygens (including phenoxy) is 1. The Kier molecular flexibility index (Phi) is 3.26. The van der Waals surface area contributed by atoms with Gasteiger partial charge in [-0.25, -0.2) is 0 Å². The Balaban J connectivity index is 1.82. The van der Waals surface area contributed by atoms with Gasteiger partial charge in [0.15, 0.2) is 6.23 Å². The number of aromatic amines is 1. The lowest BCUT2D eigenvalue weighted by Gasteiger charge is -2.22. The summed E-state index contributed by atoms with van der Waals surface area (Å²) in [6, 6.07) is 9.61. The molecule has 0 bridgehead atoms. The monoisotopic (exact) mass is 269 g/mol. The zero-order valence-electron chi connectivity index (χ0n) is 11.0. The number of fused-ring (bicyclic) bond motifs is 1. The van der Waals surface area contributed by atoms with Crippen molar-refractivity contribution in [2.75, 3.05) is 7.11 Å². The molecule has 0 radical (unpaired) electrons. The van der Waals surface area contributed by atoms with E-state index in [4.69, 9.17) is 4.74 Å². The molecule has 1 amide bonds. The summed E-state index contributed by atoms with van der Waals surface area (Å²) in [5, 5.41) is 6.87.